The van der Waals surface area contributed by atoms with Crippen molar-refractivity contribution < 1.29 is 4.74 Å². The van der Waals surface area contributed by atoms with Crippen LogP contribution in [0, 0.1) is 0 Å². The van der Waals surface area contributed by atoms with Crippen LogP contribution in [0.5, 0.6) is 5.75 Å². The third-order valence-corrected chi connectivity index (χ3v) is 4.14. The molecule has 0 spiro atoms. The Kier molecular flexibility index (Phi) is 2.75. The Hall–Kier alpha value is -1.54. The molecule has 1 aliphatic carbocycles. The van der Waals surface area contributed by atoms with Gasteiger partial charge in [0.25, 0.3) is 0 Å². The third kappa shape index (κ3) is 1.87. The lowest BCUT2D eigenvalue weighted by Crippen LogP contribution is -2.13. The summed E-state index contributed by atoms with van der Waals surface area (Å²) >= 11 is 0. The fourth-order valence-corrected chi connectivity index (χ4v) is 2.79. The number of methoxy groups -OCH3 is 1. The van der Waals surface area contributed by atoms with Crippen LogP contribution < -0.4 is 10.5 Å². The first-order valence-corrected chi connectivity index (χ1v) is 6.56. The van der Waals surface area contributed by atoms with Crippen molar-refractivity contribution in [2.24, 2.45) is 5.73 Å². The molecule has 2 nitrogen and oxygen atoms in total. The quantitative estimate of drug-likeness (QED) is 0.892. The maximum Gasteiger partial charge on any atom is 0.119 e. The van der Waals surface area contributed by atoms with Crippen molar-refractivity contribution in [3.05, 3.63) is 42.0 Å². The van der Waals surface area contributed by atoms with Crippen molar-refractivity contribution >= 4 is 10.8 Å². The molecule has 1 aliphatic rings. The highest BCUT2D eigenvalue weighted by molar-refractivity contribution is 5.84. The highest BCUT2D eigenvalue weighted by Crippen LogP contribution is 2.51. The monoisotopic (exact) mass is 241 g/mol. The highest BCUT2D eigenvalue weighted by atomic mass is 16.5. The molecule has 0 heterocycles. The van der Waals surface area contributed by atoms with E-state index in [1.807, 2.05) is 6.07 Å². The molecule has 3 rings (SSSR count). The summed E-state index contributed by atoms with van der Waals surface area (Å²) in [6.45, 7) is 0.778. The molecule has 2 aromatic carbocycles. The summed E-state index contributed by atoms with van der Waals surface area (Å²) in [7, 11) is 1.70. The average molecular weight is 241 g/mol. The van der Waals surface area contributed by atoms with Gasteiger partial charge in [-0.2, -0.15) is 0 Å². The number of rotatable bonds is 4. The number of ether oxygens (including phenoxy) is 1. The van der Waals surface area contributed by atoms with E-state index in [-0.39, 0.29) is 0 Å². The number of benzene rings is 2. The second-order valence-corrected chi connectivity index (χ2v) is 5.25. The molecule has 0 aliphatic heterocycles. The van der Waals surface area contributed by atoms with Crippen molar-refractivity contribution in [3.63, 3.8) is 0 Å². The van der Waals surface area contributed by atoms with Gasteiger partial charge in [0, 0.05) is 0 Å². The van der Waals surface area contributed by atoms with E-state index in [0.29, 0.717) is 5.41 Å². The zero-order valence-electron chi connectivity index (χ0n) is 10.8. The molecule has 1 saturated carbocycles. The maximum atomic E-state index is 5.73. The van der Waals surface area contributed by atoms with Gasteiger partial charge >= 0.3 is 0 Å². The minimum atomic E-state index is 0.378. The SMILES string of the molecule is COc1ccc2cc(C3(CCN)CC3)ccc2c1. The van der Waals surface area contributed by atoms with Crippen LogP contribution in [-0.4, -0.2) is 13.7 Å². The van der Waals surface area contributed by atoms with Crippen LogP contribution in [0.4, 0.5) is 0 Å². The lowest BCUT2D eigenvalue weighted by Gasteiger charge is -2.15. The summed E-state index contributed by atoms with van der Waals surface area (Å²) in [5, 5.41) is 2.53. The maximum absolute atomic E-state index is 5.73. The van der Waals surface area contributed by atoms with Gasteiger partial charge < -0.3 is 10.5 Å². The summed E-state index contributed by atoms with van der Waals surface area (Å²) in [6, 6.07) is 13.0. The van der Waals surface area contributed by atoms with Crippen molar-refractivity contribution in [1.82, 2.24) is 0 Å². The topological polar surface area (TPSA) is 35.2 Å². The van der Waals surface area contributed by atoms with Gasteiger partial charge in [-0.3, -0.25) is 0 Å². The number of fused-ring (bicyclic) bond motifs is 1. The zero-order valence-corrected chi connectivity index (χ0v) is 10.8. The molecule has 0 bridgehead atoms. The first-order valence-electron chi connectivity index (χ1n) is 6.56. The van der Waals surface area contributed by atoms with Gasteiger partial charge in [-0.25, -0.2) is 0 Å². The third-order valence-electron chi connectivity index (χ3n) is 4.14. The molecule has 0 saturated heterocycles. The Balaban J connectivity index is 2.01. The fraction of sp³-hybridized carbons (Fsp3) is 0.375. The Morgan fingerprint density at radius 1 is 1.11 bits per heavy atom. The van der Waals surface area contributed by atoms with E-state index in [1.54, 1.807) is 7.11 Å². The molecular formula is C16H19NO. The molecule has 2 heteroatoms. The summed E-state index contributed by atoms with van der Waals surface area (Å²) in [5.74, 6) is 0.915. The molecule has 2 aromatic rings. The molecule has 0 radical (unpaired) electrons. The van der Waals surface area contributed by atoms with E-state index in [0.717, 1.165) is 18.7 Å². The Morgan fingerprint density at radius 2 is 1.83 bits per heavy atom. The predicted molar refractivity (Wildman–Crippen MR) is 75.1 cm³/mol. The molecule has 18 heavy (non-hydrogen) atoms. The van der Waals surface area contributed by atoms with E-state index < -0.39 is 0 Å². The van der Waals surface area contributed by atoms with E-state index in [9.17, 15) is 0 Å². The summed E-state index contributed by atoms with van der Waals surface area (Å²) in [5.41, 5.74) is 7.55. The van der Waals surface area contributed by atoms with Gasteiger partial charge in [0.2, 0.25) is 0 Å². The molecule has 0 atom stereocenters. The summed E-state index contributed by atoms with van der Waals surface area (Å²) < 4.78 is 5.25. The van der Waals surface area contributed by atoms with Crippen molar-refractivity contribution in [1.29, 1.82) is 0 Å². The van der Waals surface area contributed by atoms with Crippen LogP contribution >= 0.6 is 0 Å². The molecule has 0 unspecified atom stereocenters. The van der Waals surface area contributed by atoms with Gasteiger partial charge in [-0.1, -0.05) is 24.3 Å². The van der Waals surface area contributed by atoms with Crippen molar-refractivity contribution in [3.8, 4) is 5.75 Å². The minimum Gasteiger partial charge on any atom is -0.497 e. The van der Waals surface area contributed by atoms with Crippen LogP contribution in [0.2, 0.25) is 0 Å². The number of hydrogen-bond donors (Lipinski definition) is 1. The highest BCUT2D eigenvalue weighted by Gasteiger charge is 2.43. The normalized spacial score (nSPS) is 16.8. The molecular weight excluding hydrogens is 222 g/mol. The van der Waals surface area contributed by atoms with Gasteiger partial charge in [0.1, 0.15) is 5.75 Å². The second kappa shape index (κ2) is 4.29. The van der Waals surface area contributed by atoms with E-state index in [1.165, 1.54) is 29.2 Å². The molecule has 1 fully saturated rings. The first kappa shape index (κ1) is 11.5. The number of nitrogens with two attached hydrogens (primary N) is 1. The Bertz CT molecular complexity index is 572. The van der Waals surface area contributed by atoms with Gasteiger partial charge in [-0.05, 0) is 59.7 Å². The minimum absolute atomic E-state index is 0.378. The van der Waals surface area contributed by atoms with Gasteiger partial charge in [-0.15, -0.1) is 0 Å². The van der Waals surface area contributed by atoms with Crippen LogP contribution in [0.3, 0.4) is 0 Å². The molecule has 94 valence electrons. The average Bonchev–Trinajstić information content (AvgIpc) is 3.19. The fourth-order valence-electron chi connectivity index (χ4n) is 2.79. The molecule has 2 N–H and O–H groups in total. The van der Waals surface area contributed by atoms with Crippen molar-refractivity contribution in [2.45, 2.75) is 24.7 Å². The molecule has 0 aromatic heterocycles. The van der Waals surface area contributed by atoms with Crippen LogP contribution in [0.25, 0.3) is 10.8 Å². The van der Waals surface area contributed by atoms with Crippen LogP contribution in [-0.2, 0) is 5.41 Å². The van der Waals surface area contributed by atoms with Crippen LogP contribution in [0.1, 0.15) is 24.8 Å². The van der Waals surface area contributed by atoms with Gasteiger partial charge in [0.15, 0.2) is 0 Å². The molecule has 0 amide bonds. The van der Waals surface area contributed by atoms with E-state index in [4.69, 9.17) is 10.5 Å². The summed E-state index contributed by atoms with van der Waals surface area (Å²) in [6.07, 6.45) is 3.67. The predicted octanol–water partition coefficient (Wildman–Crippen LogP) is 3.23. The Morgan fingerprint density at radius 3 is 2.50 bits per heavy atom. The zero-order chi connectivity index (χ0) is 12.6. The Labute approximate surface area is 108 Å². The van der Waals surface area contributed by atoms with Crippen molar-refractivity contribution in [2.75, 3.05) is 13.7 Å². The number of hydrogen-bond acceptors (Lipinski definition) is 2. The van der Waals surface area contributed by atoms with Gasteiger partial charge in [0.05, 0.1) is 7.11 Å². The lowest BCUT2D eigenvalue weighted by molar-refractivity contribution is 0.415. The van der Waals surface area contributed by atoms with E-state index >= 15 is 0 Å². The van der Waals surface area contributed by atoms with Crippen LogP contribution in [0.15, 0.2) is 36.4 Å². The summed E-state index contributed by atoms with van der Waals surface area (Å²) in [4.78, 5) is 0. The second-order valence-electron chi connectivity index (χ2n) is 5.25. The first-order chi connectivity index (χ1) is 8.77. The smallest absolute Gasteiger partial charge is 0.119 e. The lowest BCUT2D eigenvalue weighted by atomic mass is 9.90. The largest absolute Gasteiger partial charge is 0.497 e. The standard InChI is InChI=1S/C16H19NO/c1-18-15-5-3-12-10-14(4-2-13(12)11-15)16(6-7-16)8-9-17/h2-5,10-11H,6-9,17H2,1H3. The van der Waals surface area contributed by atoms with E-state index in [2.05, 4.69) is 30.3 Å².